The van der Waals surface area contributed by atoms with Gasteiger partial charge >= 0.3 is 0 Å². The van der Waals surface area contributed by atoms with Crippen molar-refractivity contribution in [2.45, 2.75) is 30.8 Å². The molecule has 2 fully saturated rings. The summed E-state index contributed by atoms with van der Waals surface area (Å²) in [5.74, 6) is -1.77. The highest BCUT2D eigenvalue weighted by molar-refractivity contribution is 5.95. The fourth-order valence-electron chi connectivity index (χ4n) is 5.72. The van der Waals surface area contributed by atoms with E-state index in [2.05, 4.69) is 26.0 Å². The Kier molecular flexibility index (Phi) is 5.84. The zero-order chi connectivity index (χ0) is 26.4. The lowest BCUT2D eigenvalue weighted by Crippen LogP contribution is -2.66. The van der Waals surface area contributed by atoms with Gasteiger partial charge in [-0.2, -0.15) is 10.4 Å². The number of rotatable bonds is 5. The Bertz CT molecular complexity index is 1560. The summed E-state index contributed by atoms with van der Waals surface area (Å²) in [5.41, 5.74) is 1.07. The van der Waals surface area contributed by atoms with Crippen molar-refractivity contribution < 1.29 is 18.7 Å². The summed E-state index contributed by atoms with van der Waals surface area (Å²) >= 11 is 0. The summed E-state index contributed by atoms with van der Waals surface area (Å²) in [6.45, 7) is 2.22. The van der Waals surface area contributed by atoms with E-state index in [4.69, 9.17) is 0 Å². The van der Waals surface area contributed by atoms with Crippen LogP contribution >= 0.6 is 0 Å². The molecule has 0 radical (unpaired) electrons. The molecule has 2 aliphatic rings. The number of aromatic amines is 1. The van der Waals surface area contributed by atoms with Crippen LogP contribution in [0.5, 0.6) is 5.75 Å². The number of phenolic OH excluding ortho intramolecular Hbond substituents is 1. The third kappa shape index (κ3) is 3.97. The summed E-state index contributed by atoms with van der Waals surface area (Å²) in [6.07, 6.45) is 8.05. The van der Waals surface area contributed by atoms with Crippen molar-refractivity contribution >= 4 is 16.9 Å². The topological polar surface area (TPSA) is 114 Å². The molecule has 4 aromatic rings. The molecule has 0 aliphatic carbocycles. The number of amides is 1. The molecule has 9 nitrogen and oxygen atoms in total. The molecule has 1 amide bonds. The Morgan fingerprint density at radius 1 is 1.18 bits per heavy atom. The first-order valence-electron chi connectivity index (χ1n) is 12.4. The molecule has 5 heterocycles. The van der Waals surface area contributed by atoms with E-state index in [0.717, 1.165) is 18.9 Å². The monoisotopic (exact) mass is 517 g/mol. The number of likely N-dealkylation sites (tertiary alicyclic amines) is 2. The third-order valence-electron chi connectivity index (χ3n) is 7.75. The lowest BCUT2D eigenvalue weighted by atomic mass is 9.83. The van der Waals surface area contributed by atoms with Crippen LogP contribution in [-0.2, 0) is 5.54 Å². The second kappa shape index (κ2) is 9.22. The molecule has 0 unspecified atom stereocenters. The number of halogens is 2. The SMILES string of the molecule is N#CCC1(n2cc(-c3c(F)cnc4[nH]ccc34)cn2)CN(C2CCN(C(=O)c3ccc(O)cc3F)CC2)C1. The van der Waals surface area contributed by atoms with Gasteiger partial charge in [0.1, 0.15) is 28.6 Å². The fourth-order valence-corrected chi connectivity index (χ4v) is 5.72. The maximum atomic E-state index is 14.7. The normalized spacial score (nSPS) is 17.9. The van der Waals surface area contributed by atoms with Gasteiger partial charge in [0.05, 0.1) is 30.4 Å². The van der Waals surface area contributed by atoms with Gasteiger partial charge in [-0.25, -0.2) is 13.8 Å². The Morgan fingerprint density at radius 2 is 1.97 bits per heavy atom. The van der Waals surface area contributed by atoms with Crippen molar-refractivity contribution in [3.8, 4) is 22.9 Å². The third-order valence-corrected chi connectivity index (χ3v) is 7.75. The number of hydrogen-bond acceptors (Lipinski definition) is 6. The van der Waals surface area contributed by atoms with Gasteiger partial charge in [0, 0.05) is 67.2 Å². The number of carbonyl (C=O) groups excluding carboxylic acids is 1. The number of fused-ring (bicyclic) bond motifs is 1. The first-order valence-corrected chi connectivity index (χ1v) is 12.4. The summed E-state index contributed by atoms with van der Waals surface area (Å²) < 4.78 is 30.7. The molecule has 0 spiro atoms. The largest absolute Gasteiger partial charge is 0.508 e. The van der Waals surface area contributed by atoms with Gasteiger partial charge in [0.25, 0.3) is 5.91 Å². The number of phenols is 1. The van der Waals surface area contributed by atoms with Gasteiger partial charge in [-0.05, 0) is 31.0 Å². The molecule has 11 heteroatoms. The molecule has 194 valence electrons. The van der Waals surface area contributed by atoms with Crippen molar-refractivity contribution in [3.63, 3.8) is 0 Å². The number of carbonyl (C=O) groups is 1. The average Bonchev–Trinajstić information content (AvgIpc) is 3.56. The maximum absolute atomic E-state index is 14.7. The molecule has 2 saturated heterocycles. The first kappa shape index (κ1) is 24.1. The molecule has 6 rings (SSSR count). The molecule has 2 N–H and O–H groups in total. The molecule has 0 bridgehead atoms. The van der Waals surface area contributed by atoms with Gasteiger partial charge in [0.15, 0.2) is 0 Å². The number of piperidine rings is 1. The first-order chi connectivity index (χ1) is 18.4. The highest BCUT2D eigenvalue weighted by atomic mass is 19.1. The minimum atomic E-state index is -0.733. The Morgan fingerprint density at radius 3 is 2.71 bits per heavy atom. The Hall–Kier alpha value is -4.30. The van der Waals surface area contributed by atoms with Crippen LogP contribution in [0.15, 0.2) is 49.1 Å². The minimum Gasteiger partial charge on any atom is -0.508 e. The second-order valence-corrected chi connectivity index (χ2v) is 10.0. The predicted octanol–water partition coefficient (Wildman–Crippen LogP) is 3.64. The van der Waals surface area contributed by atoms with E-state index in [1.807, 2.05) is 0 Å². The van der Waals surface area contributed by atoms with E-state index in [1.54, 1.807) is 34.2 Å². The summed E-state index contributed by atoms with van der Waals surface area (Å²) in [7, 11) is 0. The van der Waals surface area contributed by atoms with Gasteiger partial charge in [-0.1, -0.05) is 0 Å². The number of benzene rings is 1. The molecule has 1 aromatic carbocycles. The molecule has 3 aromatic heterocycles. The lowest BCUT2D eigenvalue weighted by Gasteiger charge is -2.53. The molecular weight excluding hydrogens is 492 g/mol. The molecule has 2 aliphatic heterocycles. The van der Waals surface area contributed by atoms with E-state index >= 15 is 0 Å². The fraction of sp³-hybridized carbons (Fsp3) is 0.333. The van der Waals surface area contributed by atoms with E-state index in [1.165, 1.54) is 18.3 Å². The smallest absolute Gasteiger partial charge is 0.256 e. The standard InChI is InChI=1S/C27H25F2N7O2/c28-22-11-19(37)1-2-20(22)26(38)34-9-4-18(5-10-34)35-15-27(16-35,6-7-30)36-14-17(12-33-36)24-21-3-8-31-25(21)32-13-23(24)29/h1-3,8,11-14,18,37H,4-6,9-10,15-16H2,(H,31,32). The number of nitrogens with one attached hydrogen (secondary N) is 1. The number of H-pyrrole nitrogens is 1. The van der Waals surface area contributed by atoms with Crippen molar-refractivity contribution in [1.82, 2.24) is 29.5 Å². The van der Waals surface area contributed by atoms with Crippen LogP contribution in [0.1, 0.15) is 29.6 Å². The van der Waals surface area contributed by atoms with Gasteiger partial charge < -0.3 is 15.0 Å². The lowest BCUT2D eigenvalue weighted by molar-refractivity contribution is -0.0412. The van der Waals surface area contributed by atoms with Crippen LogP contribution in [0, 0.1) is 23.0 Å². The van der Waals surface area contributed by atoms with Crippen LogP contribution in [0.3, 0.4) is 0 Å². The van der Waals surface area contributed by atoms with Crippen LogP contribution in [0.25, 0.3) is 22.2 Å². The number of aromatic hydroxyl groups is 1. The summed E-state index contributed by atoms with van der Waals surface area (Å²) in [6, 6.07) is 7.85. The quantitative estimate of drug-likeness (QED) is 0.418. The number of nitrogens with zero attached hydrogens (tertiary/aromatic N) is 6. The van der Waals surface area contributed by atoms with Crippen molar-refractivity contribution in [2.24, 2.45) is 0 Å². The van der Waals surface area contributed by atoms with Crippen molar-refractivity contribution in [3.05, 3.63) is 66.3 Å². The van der Waals surface area contributed by atoms with Crippen LogP contribution in [-0.4, -0.2) is 72.8 Å². The Balaban J connectivity index is 1.14. The van der Waals surface area contributed by atoms with Crippen LogP contribution in [0.4, 0.5) is 8.78 Å². The van der Waals surface area contributed by atoms with Gasteiger partial charge in [-0.3, -0.25) is 14.4 Å². The maximum Gasteiger partial charge on any atom is 0.256 e. The zero-order valence-electron chi connectivity index (χ0n) is 20.4. The van der Waals surface area contributed by atoms with Gasteiger partial charge in [-0.15, -0.1) is 0 Å². The minimum absolute atomic E-state index is 0.0460. The van der Waals surface area contributed by atoms with Crippen LogP contribution < -0.4 is 0 Å². The van der Waals surface area contributed by atoms with Crippen LogP contribution in [0.2, 0.25) is 0 Å². The van der Waals surface area contributed by atoms with Crippen molar-refractivity contribution in [1.29, 1.82) is 5.26 Å². The van der Waals surface area contributed by atoms with E-state index in [-0.39, 0.29) is 29.7 Å². The molecule has 0 atom stereocenters. The van der Waals surface area contributed by atoms with E-state index < -0.39 is 17.2 Å². The summed E-state index contributed by atoms with van der Waals surface area (Å²) in [4.78, 5) is 23.8. The molecule has 38 heavy (non-hydrogen) atoms. The number of hydrogen-bond donors (Lipinski definition) is 2. The average molecular weight is 518 g/mol. The zero-order valence-corrected chi connectivity index (χ0v) is 20.4. The predicted molar refractivity (Wildman–Crippen MR) is 134 cm³/mol. The summed E-state index contributed by atoms with van der Waals surface area (Å²) in [5, 5.41) is 24.2. The molecule has 0 saturated carbocycles. The number of aromatic nitrogens is 4. The highest BCUT2D eigenvalue weighted by Gasteiger charge is 2.48. The Labute approximate surface area is 216 Å². The van der Waals surface area contributed by atoms with E-state index in [9.17, 15) is 23.9 Å². The van der Waals surface area contributed by atoms with E-state index in [0.29, 0.717) is 48.3 Å². The number of pyridine rings is 1. The molecular formula is C27H25F2N7O2. The second-order valence-electron chi connectivity index (χ2n) is 10.0. The van der Waals surface area contributed by atoms with Crippen molar-refractivity contribution in [2.75, 3.05) is 26.2 Å². The highest BCUT2D eigenvalue weighted by Crippen LogP contribution is 2.38. The number of nitriles is 1. The van der Waals surface area contributed by atoms with Gasteiger partial charge in [0.2, 0.25) is 0 Å².